The first-order valence-electron chi connectivity index (χ1n) is 3.13. The standard InChI is InChI=1S/C8H5BrO3/c9-8(12)5-1-2-7(11)6(3-5)4-10/h1-4,11H. The van der Waals surface area contributed by atoms with Gasteiger partial charge in [0.15, 0.2) is 6.29 Å². The smallest absolute Gasteiger partial charge is 0.228 e. The third-order valence-electron chi connectivity index (χ3n) is 1.38. The van der Waals surface area contributed by atoms with Crippen molar-refractivity contribution < 1.29 is 14.7 Å². The van der Waals surface area contributed by atoms with E-state index in [4.69, 9.17) is 5.11 Å². The first kappa shape index (κ1) is 8.93. The average Bonchev–Trinajstić information content (AvgIpc) is 2.05. The van der Waals surface area contributed by atoms with Gasteiger partial charge in [-0.15, -0.1) is 0 Å². The summed E-state index contributed by atoms with van der Waals surface area (Å²) < 4.78 is -0.314. The second-order valence-electron chi connectivity index (χ2n) is 2.17. The maximum Gasteiger partial charge on any atom is 0.228 e. The van der Waals surface area contributed by atoms with Crippen LogP contribution in [0.25, 0.3) is 0 Å². The monoisotopic (exact) mass is 228 g/mol. The predicted molar refractivity (Wildman–Crippen MR) is 46.8 cm³/mol. The van der Waals surface area contributed by atoms with E-state index in [9.17, 15) is 9.59 Å². The van der Waals surface area contributed by atoms with Crippen molar-refractivity contribution >= 4 is 26.9 Å². The van der Waals surface area contributed by atoms with E-state index in [1.807, 2.05) is 0 Å². The molecule has 0 bridgehead atoms. The zero-order valence-corrected chi connectivity index (χ0v) is 7.54. The minimum Gasteiger partial charge on any atom is -0.507 e. The van der Waals surface area contributed by atoms with Gasteiger partial charge in [0.25, 0.3) is 0 Å². The summed E-state index contributed by atoms with van der Waals surface area (Å²) in [5.74, 6) is -0.123. The molecule has 0 aliphatic heterocycles. The number of benzene rings is 1. The fraction of sp³-hybridized carbons (Fsp3) is 0. The van der Waals surface area contributed by atoms with Gasteiger partial charge in [-0.3, -0.25) is 9.59 Å². The first-order valence-corrected chi connectivity index (χ1v) is 3.92. The molecule has 12 heavy (non-hydrogen) atoms. The number of hydrogen-bond donors (Lipinski definition) is 1. The Hall–Kier alpha value is -1.16. The third-order valence-corrected chi connectivity index (χ3v) is 1.84. The summed E-state index contributed by atoms with van der Waals surface area (Å²) >= 11 is 2.73. The maximum atomic E-state index is 10.7. The SMILES string of the molecule is O=Cc1cc(C(=O)Br)ccc1O. The number of carbonyl (C=O) groups excluding carboxylic acids is 2. The first-order chi connectivity index (χ1) is 5.65. The minimum absolute atomic E-state index is 0.111. The Morgan fingerprint density at radius 2 is 2.17 bits per heavy atom. The zero-order valence-electron chi connectivity index (χ0n) is 5.95. The van der Waals surface area contributed by atoms with Crippen molar-refractivity contribution in [2.75, 3.05) is 0 Å². The molecule has 4 heteroatoms. The average molecular weight is 229 g/mol. The van der Waals surface area contributed by atoms with Crippen molar-refractivity contribution in [1.82, 2.24) is 0 Å². The van der Waals surface area contributed by atoms with Crippen LogP contribution in [0.1, 0.15) is 20.7 Å². The fourth-order valence-electron chi connectivity index (χ4n) is 0.771. The highest BCUT2D eigenvalue weighted by Crippen LogP contribution is 2.17. The van der Waals surface area contributed by atoms with Crippen molar-refractivity contribution in [3.8, 4) is 5.75 Å². The number of hydrogen-bond acceptors (Lipinski definition) is 3. The predicted octanol–water partition coefficient (Wildman–Crippen LogP) is 1.74. The molecule has 1 aromatic carbocycles. The number of rotatable bonds is 2. The van der Waals surface area contributed by atoms with Gasteiger partial charge in [-0.25, -0.2) is 0 Å². The van der Waals surface area contributed by atoms with Crippen molar-refractivity contribution in [1.29, 1.82) is 0 Å². The molecule has 62 valence electrons. The second-order valence-corrected chi connectivity index (χ2v) is 2.89. The molecule has 0 saturated carbocycles. The molecular weight excluding hydrogens is 224 g/mol. The summed E-state index contributed by atoms with van der Waals surface area (Å²) in [5, 5.41) is 9.06. The lowest BCUT2D eigenvalue weighted by atomic mass is 10.1. The Balaban J connectivity index is 3.22. The molecule has 0 radical (unpaired) electrons. The largest absolute Gasteiger partial charge is 0.507 e. The molecule has 0 amide bonds. The number of halogens is 1. The fourth-order valence-corrected chi connectivity index (χ4v) is 1.02. The lowest BCUT2D eigenvalue weighted by Gasteiger charge is -1.97. The summed E-state index contributed by atoms with van der Waals surface area (Å²) in [4.78, 5) is 21.1. The molecule has 3 nitrogen and oxygen atoms in total. The van der Waals surface area contributed by atoms with Gasteiger partial charge in [0.05, 0.1) is 5.56 Å². The van der Waals surface area contributed by atoms with Crippen LogP contribution in [0.2, 0.25) is 0 Å². The number of phenols is 1. The molecule has 0 aliphatic rings. The van der Waals surface area contributed by atoms with Crippen LogP contribution in [0.5, 0.6) is 5.75 Å². The molecule has 0 fully saturated rings. The van der Waals surface area contributed by atoms with Crippen LogP contribution >= 0.6 is 15.9 Å². The van der Waals surface area contributed by atoms with Crippen LogP contribution in [0, 0.1) is 0 Å². The minimum atomic E-state index is -0.314. The van der Waals surface area contributed by atoms with Crippen LogP contribution in [0.3, 0.4) is 0 Å². The lowest BCUT2D eigenvalue weighted by molar-refractivity contribution is 0.109. The molecule has 1 rings (SSSR count). The van der Waals surface area contributed by atoms with E-state index in [1.54, 1.807) is 0 Å². The lowest BCUT2D eigenvalue weighted by Crippen LogP contribution is -1.90. The maximum absolute atomic E-state index is 10.7. The molecule has 0 aromatic heterocycles. The molecule has 0 spiro atoms. The van der Waals surface area contributed by atoms with Gasteiger partial charge in [0.2, 0.25) is 4.69 Å². The summed E-state index contributed by atoms with van der Waals surface area (Å²) in [5.41, 5.74) is 0.454. The number of carbonyl (C=O) groups is 2. The van der Waals surface area contributed by atoms with Gasteiger partial charge in [0.1, 0.15) is 5.75 Å². The van der Waals surface area contributed by atoms with E-state index in [0.29, 0.717) is 11.8 Å². The Labute approximate surface area is 77.1 Å². The topological polar surface area (TPSA) is 54.4 Å². The Morgan fingerprint density at radius 3 is 2.67 bits per heavy atom. The van der Waals surface area contributed by atoms with Crippen LogP contribution in [0.15, 0.2) is 18.2 Å². The number of aldehydes is 1. The van der Waals surface area contributed by atoms with Crippen molar-refractivity contribution in [3.63, 3.8) is 0 Å². The highest BCUT2D eigenvalue weighted by Gasteiger charge is 2.05. The summed E-state index contributed by atoms with van der Waals surface area (Å²) in [6.45, 7) is 0. The summed E-state index contributed by atoms with van der Waals surface area (Å²) in [7, 11) is 0. The highest BCUT2D eigenvalue weighted by molar-refractivity contribution is 9.18. The number of aromatic hydroxyl groups is 1. The van der Waals surface area contributed by atoms with Crippen LogP contribution in [-0.2, 0) is 0 Å². The summed E-state index contributed by atoms with van der Waals surface area (Å²) in [6.07, 6.45) is 0.495. The molecule has 0 aliphatic carbocycles. The normalized spacial score (nSPS) is 9.42. The van der Waals surface area contributed by atoms with E-state index in [0.717, 1.165) is 0 Å². The Kier molecular flexibility index (Phi) is 2.60. The van der Waals surface area contributed by atoms with Gasteiger partial charge in [-0.2, -0.15) is 0 Å². The van der Waals surface area contributed by atoms with Gasteiger partial charge in [-0.05, 0) is 34.1 Å². The van der Waals surface area contributed by atoms with Crippen LogP contribution < -0.4 is 0 Å². The van der Waals surface area contributed by atoms with E-state index >= 15 is 0 Å². The molecule has 0 saturated heterocycles. The molecule has 1 aromatic rings. The molecular formula is C8H5BrO3. The molecule has 0 heterocycles. The zero-order chi connectivity index (χ0) is 9.14. The summed E-state index contributed by atoms with van der Waals surface area (Å²) in [6, 6.07) is 4.05. The van der Waals surface area contributed by atoms with E-state index in [2.05, 4.69) is 15.9 Å². The third kappa shape index (κ3) is 1.71. The molecule has 1 N–H and O–H groups in total. The Morgan fingerprint density at radius 1 is 1.50 bits per heavy atom. The Bertz CT molecular complexity index is 333. The van der Waals surface area contributed by atoms with Crippen molar-refractivity contribution in [3.05, 3.63) is 29.3 Å². The van der Waals surface area contributed by atoms with E-state index < -0.39 is 0 Å². The van der Waals surface area contributed by atoms with Crippen molar-refractivity contribution in [2.24, 2.45) is 0 Å². The van der Waals surface area contributed by atoms with Crippen LogP contribution in [-0.4, -0.2) is 16.1 Å². The highest BCUT2D eigenvalue weighted by atomic mass is 79.9. The molecule has 0 unspecified atom stereocenters. The second kappa shape index (κ2) is 3.49. The van der Waals surface area contributed by atoms with Gasteiger partial charge in [0, 0.05) is 5.56 Å². The van der Waals surface area contributed by atoms with E-state index in [1.165, 1.54) is 18.2 Å². The number of phenolic OH excluding ortho intramolecular Hbond substituents is 1. The van der Waals surface area contributed by atoms with Gasteiger partial charge < -0.3 is 5.11 Å². The van der Waals surface area contributed by atoms with Gasteiger partial charge in [-0.1, -0.05) is 0 Å². The van der Waals surface area contributed by atoms with Crippen molar-refractivity contribution in [2.45, 2.75) is 0 Å². The molecule has 0 atom stereocenters. The van der Waals surface area contributed by atoms with E-state index in [-0.39, 0.29) is 16.0 Å². The van der Waals surface area contributed by atoms with Crippen LogP contribution in [0.4, 0.5) is 0 Å². The van der Waals surface area contributed by atoms with Gasteiger partial charge >= 0.3 is 0 Å². The quantitative estimate of drug-likeness (QED) is 0.620.